The van der Waals surface area contributed by atoms with Crippen LogP contribution in [-0.2, 0) is 5.41 Å². The van der Waals surface area contributed by atoms with Gasteiger partial charge < -0.3 is 10.1 Å². The number of fused-ring (bicyclic) bond motifs is 1. The van der Waals surface area contributed by atoms with Crippen molar-refractivity contribution < 1.29 is 9.13 Å². The quantitative estimate of drug-likeness (QED) is 0.822. The first-order valence-electron chi connectivity index (χ1n) is 7.24. The van der Waals surface area contributed by atoms with Crippen molar-refractivity contribution in [3.63, 3.8) is 0 Å². The van der Waals surface area contributed by atoms with Gasteiger partial charge in [-0.15, -0.1) is 0 Å². The van der Waals surface area contributed by atoms with E-state index in [0.29, 0.717) is 12.1 Å². The van der Waals surface area contributed by atoms with Crippen LogP contribution >= 0.6 is 0 Å². The third-order valence-electron chi connectivity index (χ3n) is 3.84. The number of halogens is 1. The van der Waals surface area contributed by atoms with Gasteiger partial charge in [-0.3, -0.25) is 0 Å². The molecule has 1 aliphatic heterocycles. The fourth-order valence-electron chi connectivity index (χ4n) is 2.54. The summed E-state index contributed by atoms with van der Waals surface area (Å²) in [5.41, 5.74) is 2.92. The number of hydrogen-bond acceptors (Lipinski definition) is 2. The van der Waals surface area contributed by atoms with Crippen LogP contribution < -0.4 is 10.1 Å². The lowest BCUT2D eigenvalue weighted by molar-refractivity contribution is 0.205. The van der Waals surface area contributed by atoms with E-state index in [9.17, 15) is 4.39 Å². The molecule has 1 atom stereocenters. The largest absolute Gasteiger partial charge is 0.482 e. The number of benzene rings is 2. The fourth-order valence-corrected chi connectivity index (χ4v) is 2.54. The van der Waals surface area contributed by atoms with Crippen LogP contribution in [-0.4, -0.2) is 6.54 Å². The van der Waals surface area contributed by atoms with Crippen LogP contribution in [0, 0.1) is 5.82 Å². The molecule has 3 heteroatoms. The summed E-state index contributed by atoms with van der Waals surface area (Å²) in [6.45, 7) is 7.11. The van der Waals surface area contributed by atoms with Gasteiger partial charge in [-0.05, 0) is 29.2 Å². The number of anilines is 1. The summed E-state index contributed by atoms with van der Waals surface area (Å²) >= 11 is 0. The maximum absolute atomic E-state index is 13.9. The summed E-state index contributed by atoms with van der Waals surface area (Å²) < 4.78 is 19.8. The Morgan fingerprint density at radius 2 is 1.90 bits per heavy atom. The van der Waals surface area contributed by atoms with Crippen LogP contribution in [0.4, 0.5) is 10.1 Å². The molecule has 1 N–H and O–H groups in total. The summed E-state index contributed by atoms with van der Waals surface area (Å²) in [5, 5.41) is 3.36. The molecule has 1 heterocycles. The van der Waals surface area contributed by atoms with E-state index in [2.05, 4.69) is 38.2 Å². The summed E-state index contributed by atoms with van der Waals surface area (Å²) in [7, 11) is 0. The molecular formula is C18H20FNO. The third-order valence-corrected chi connectivity index (χ3v) is 3.84. The maximum atomic E-state index is 13.9. The molecule has 2 nitrogen and oxygen atoms in total. The third kappa shape index (κ3) is 2.73. The minimum Gasteiger partial charge on any atom is -0.482 e. The van der Waals surface area contributed by atoms with Crippen molar-refractivity contribution in [1.29, 1.82) is 0 Å². The van der Waals surface area contributed by atoms with E-state index in [1.165, 1.54) is 11.6 Å². The van der Waals surface area contributed by atoms with Gasteiger partial charge >= 0.3 is 0 Å². The lowest BCUT2D eigenvalue weighted by atomic mass is 9.86. The van der Waals surface area contributed by atoms with Gasteiger partial charge in [0.1, 0.15) is 17.7 Å². The molecule has 1 aliphatic rings. The molecule has 0 fully saturated rings. The van der Waals surface area contributed by atoms with E-state index < -0.39 is 0 Å². The number of hydrogen-bond donors (Lipinski definition) is 1. The lowest BCUT2D eigenvalue weighted by Crippen LogP contribution is -2.25. The van der Waals surface area contributed by atoms with E-state index in [4.69, 9.17) is 4.74 Å². The highest BCUT2D eigenvalue weighted by molar-refractivity contribution is 5.60. The van der Waals surface area contributed by atoms with E-state index in [-0.39, 0.29) is 17.3 Å². The molecule has 0 saturated heterocycles. The van der Waals surface area contributed by atoms with Gasteiger partial charge in [0, 0.05) is 5.56 Å². The van der Waals surface area contributed by atoms with Gasteiger partial charge in [-0.1, -0.05) is 45.0 Å². The highest BCUT2D eigenvalue weighted by atomic mass is 19.1. The van der Waals surface area contributed by atoms with Crippen molar-refractivity contribution in [1.82, 2.24) is 0 Å². The number of nitrogens with one attached hydrogen (secondary N) is 1. The van der Waals surface area contributed by atoms with Gasteiger partial charge in [0.05, 0.1) is 12.2 Å². The molecule has 110 valence electrons. The highest BCUT2D eigenvalue weighted by Gasteiger charge is 2.24. The van der Waals surface area contributed by atoms with Crippen LogP contribution in [0.1, 0.15) is 38.0 Å². The predicted octanol–water partition coefficient (Wildman–Crippen LogP) is 4.67. The molecule has 0 saturated carbocycles. The zero-order valence-corrected chi connectivity index (χ0v) is 12.6. The smallest absolute Gasteiger partial charge is 0.144 e. The second kappa shape index (κ2) is 5.06. The van der Waals surface area contributed by atoms with Crippen LogP contribution in [0.5, 0.6) is 5.75 Å². The summed E-state index contributed by atoms with van der Waals surface area (Å²) in [4.78, 5) is 0. The van der Waals surface area contributed by atoms with E-state index in [1.807, 2.05) is 12.1 Å². The van der Waals surface area contributed by atoms with Gasteiger partial charge in [-0.2, -0.15) is 0 Å². The molecule has 0 bridgehead atoms. The second-order valence-electron chi connectivity index (χ2n) is 6.47. The second-order valence-corrected chi connectivity index (χ2v) is 6.47. The minimum atomic E-state index is -0.292. The first-order valence-corrected chi connectivity index (χ1v) is 7.24. The van der Waals surface area contributed by atoms with Gasteiger partial charge in [0.15, 0.2) is 0 Å². The van der Waals surface area contributed by atoms with Gasteiger partial charge in [0.2, 0.25) is 0 Å². The Balaban J connectivity index is 1.89. The number of ether oxygens (including phenoxy) is 1. The summed E-state index contributed by atoms with van der Waals surface area (Å²) in [5.74, 6) is 0.557. The maximum Gasteiger partial charge on any atom is 0.144 e. The van der Waals surface area contributed by atoms with Crippen molar-refractivity contribution in [2.75, 3.05) is 11.9 Å². The molecule has 0 aliphatic carbocycles. The Hall–Kier alpha value is -2.03. The Morgan fingerprint density at radius 1 is 1.14 bits per heavy atom. The molecule has 0 amide bonds. The van der Waals surface area contributed by atoms with Crippen LogP contribution in [0.3, 0.4) is 0 Å². The molecule has 0 spiro atoms. The molecule has 3 rings (SSSR count). The van der Waals surface area contributed by atoms with Crippen molar-refractivity contribution in [2.24, 2.45) is 0 Å². The molecule has 2 aromatic rings. The van der Waals surface area contributed by atoms with Crippen LogP contribution in [0.15, 0.2) is 42.5 Å². The standard InChI is InChI=1S/C18H20FNO/c1-18(2,3)12-8-9-16-15(10-12)20-11-17(21-16)13-6-4-5-7-14(13)19/h4-10,17,20H,11H2,1-3H3. The van der Waals surface area contributed by atoms with Crippen molar-refractivity contribution in [3.05, 3.63) is 59.4 Å². The molecule has 2 aromatic carbocycles. The van der Waals surface area contributed by atoms with Crippen LogP contribution in [0.25, 0.3) is 0 Å². The summed E-state index contributed by atoms with van der Waals surface area (Å²) in [6, 6.07) is 12.9. The van der Waals surface area contributed by atoms with E-state index in [1.54, 1.807) is 12.1 Å². The molecule has 21 heavy (non-hydrogen) atoms. The van der Waals surface area contributed by atoms with Crippen molar-refractivity contribution in [2.45, 2.75) is 32.3 Å². The average Bonchev–Trinajstić information content (AvgIpc) is 2.46. The monoisotopic (exact) mass is 285 g/mol. The molecular weight excluding hydrogens is 265 g/mol. The van der Waals surface area contributed by atoms with Crippen molar-refractivity contribution >= 4 is 5.69 Å². The Kier molecular flexibility index (Phi) is 3.36. The predicted molar refractivity (Wildman–Crippen MR) is 83.4 cm³/mol. The normalized spacial score (nSPS) is 17.6. The fraction of sp³-hybridized carbons (Fsp3) is 0.333. The minimum absolute atomic E-state index is 0.0963. The molecule has 0 radical (unpaired) electrons. The van der Waals surface area contributed by atoms with Crippen molar-refractivity contribution in [3.8, 4) is 5.75 Å². The van der Waals surface area contributed by atoms with Gasteiger partial charge in [0.25, 0.3) is 0 Å². The Bertz CT molecular complexity index is 661. The topological polar surface area (TPSA) is 21.3 Å². The zero-order chi connectivity index (χ0) is 15.0. The van der Waals surface area contributed by atoms with Crippen LogP contribution in [0.2, 0.25) is 0 Å². The zero-order valence-electron chi connectivity index (χ0n) is 12.6. The Morgan fingerprint density at radius 3 is 2.62 bits per heavy atom. The first-order chi connectivity index (χ1) is 9.95. The summed E-state index contributed by atoms with van der Waals surface area (Å²) in [6.07, 6.45) is -0.292. The first kappa shape index (κ1) is 13.9. The average molecular weight is 285 g/mol. The lowest BCUT2D eigenvalue weighted by Gasteiger charge is -2.29. The SMILES string of the molecule is CC(C)(C)c1ccc2c(c1)NCC(c1ccccc1F)O2. The highest BCUT2D eigenvalue weighted by Crippen LogP contribution is 2.37. The Labute approximate surface area is 125 Å². The van der Waals surface area contributed by atoms with E-state index in [0.717, 1.165) is 11.4 Å². The number of rotatable bonds is 1. The molecule has 0 aromatic heterocycles. The van der Waals surface area contributed by atoms with E-state index >= 15 is 0 Å². The molecule has 1 unspecified atom stereocenters. The van der Waals surface area contributed by atoms with Gasteiger partial charge in [-0.25, -0.2) is 4.39 Å².